The molecular formula is C10H7ClO3. The van der Waals surface area contributed by atoms with Crippen LogP contribution in [0.1, 0.15) is 5.56 Å². The molecule has 1 rings (SSSR count). The Labute approximate surface area is 86.3 Å². The minimum absolute atomic E-state index is 0.0183. The van der Waals surface area contributed by atoms with Crippen molar-refractivity contribution in [2.75, 3.05) is 7.11 Å². The fourth-order valence-electron chi connectivity index (χ4n) is 0.759. The number of ether oxygens (including phenoxy) is 1. The van der Waals surface area contributed by atoms with Gasteiger partial charge >= 0.3 is 5.97 Å². The Morgan fingerprint density at radius 3 is 2.86 bits per heavy atom. The molecule has 0 heterocycles. The molecule has 0 bridgehead atoms. The average molecular weight is 211 g/mol. The second-order valence-electron chi connectivity index (χ2n) is 2.41. The molecule has 1 aromatic carbocycles. The number of carbonyl (C=O) groups excluding carboxylic acids is 1. The Kier molecular flexibility index (Phi) is 3.38. The Balaban J connectivity index is 2.91. The van der Waals surface area contributed by atoms with Crippen molar-refractivity contribution < 1.29 is 14.6 Å². The molecule has 0 atom stereocenters. The van der Waals surface area contributed by atoms with Gasteiger partial charge in [-0.2, -0.15) is 0 Å². The maximum atomic E-state index is 10.7. The molecule has 0 unspecified atom stereocenters. The summed E-state index contributed by atoms with van der Waals surface area (Å²) in [5.74, 6) is 4.15. The Hall–Kier alpha value is -1.66. The van der Waals surface area contributed by atoms with E-state index in [9.17, 15) is 4.79 Å². The first kappa shape index (κ1) is 10.4. The summed E-state index contributed by atoms with van der Waals surface area (Å²) in [6.45, 7) is 0. The Morgan fingerprint density at radius 2 is 2.29 bits per heavy atom. The fraction of sp³-hybridized carbons (Fsp3) is 0.100. The van der Waals surface area contributed by atoms with Gasteiger partial charge in [0.15, 0.2) is 0 Å². The summed E-state index contributed by atoms with van der Waals surface area (Å²) in [7, 11) is 1.25. The first-order valence-corrected chi connectivity index (χ1v) is 4.10. The highest BCUT2D eigenvalue weighted by atomic mass is 35.5. The van der Waals surface area contributed by atoms with E-state index in [-0.39, 0.29) is 10.8 Å². The second kappa shape index (κ2) is 4.54. The van der Waals surface area contributed by atoms with Crippen LogP contribution in [-0.2, 0) is 9.53 Å². The molecular weight excluding hydrogens is 204 g/mol. The van der Waals surface area contributed by atoms with Crippen molar-refractivity contribution in [1.29, 1.82) is 0 Å². The molecule has 0 amide bonds. The zero-order valence-corrected chi connectivity index (χ0v) is 8.13. The summed E-state index contributed by atoms with van der Waals surface area (Å²) in [6, 6.07) is 4.42. The third kappa shape index (κ3) is 2.68. The van der Waals surface area contributed by atoms with E-state index in [1.54, 1.807) is 6.07 Å². The number of carbonyl (C=O) groups is 1. The monoisotopic (exact) mass is 210 g/mol. The van der Waals surface area contributed by atoms with Crippen LogP contribution in [0.25, 0.3) is 0 Å². The zero-order chi connectivity index (χ0) is 10.6. The number of phenols is 1. The Morgan fingerprint density at radius 1 is 1.57 bits per heavy atom. The van der Waals surface area contributed by atoms with Gasteiger partial charge in [0.1, 0.15) is 5.75 Å². The van der Waals surface area contributed by atoms with Gasteiger partial charge in [-0.05, 0) is 18.2 Å². The van der Waals surface area contributed by atoms with Crippen LogP contribution >= 0.6 is 11.6 Å². The standard InChI is InChI=1S/C10H7ClO3/c1-14-10(13)5-3-7-2-4-9(12)8(11)6-7/h2,4,6,12H,1H3. The van der Waals surface area contributed by atoms with E-state index < -0.39 is 5.97 Å². The first-order chi connectivity index (χ1) is 6.63. The molecule has 14 heavy (non-hydrogen) atoms. The minimum Gasteiger partial charge on any atom is -0.506 e. The van der Waals surface area contributed by atoms with Gasteiger partial charge in [-0.25, -0.2) is 4.79 Å². The van der Waals surface area contributed by atoms with Crippen molar-refractivity contribution in [2.24, 2.45) is 0 Å². The van der Waals surface area contributed by atoms with Gasteiger partial charge in [0, 0.05) is 11.5 Å². The molecule has 0 saturated heterocycles. The van der Waals surface area contributed by atoms with Crippen LogP contribution in [0.15, 0.2) is 18.2 Å². The van der Waals surface area contributed by atoms with Gasteiger partial charge in [-0.3, -0.25) is 0 Å². The van der Waals surface area contributed by atoms with Crippen molar-refractivity contribution >= 4 is 17.6 Å². The van der Waals surface area contributed by atoms with Crippen molar-refractivity contribution in [3.05, 3.63) is 28.8 Å². The van der Waals surface area contributed by atoms with Crippen molar-refractivity contribution in [3.8, 4) is 17.6 Å². The summed E-state index contributed by atoms with van der Waals surface area (Å²) in [6.07, 6.45) is 0. The van der Waals surface area contributed by atoms with Crippen LogP contribution in [0.3, 0.4) is 0 Å². The molecule has 1 N–H and O–H groups in total. The largest absolute Gasteiger partial charge is 0.506 e. The zero-order valence-electron chi connectivity index (χ0n) is 7.37. The molecule has 0 aliphatic rings. The van der Waals surface area contributed by atoms with Crippen LogP contribution in [0, 0.1) is 11.8 Å². The molecule has 0 saturated carbocycles. The molecule has 0 radical (unpaired) electrons. The van der Waals surface area contributed by atoms with Gasteiger partial charge in [0.05, 0.1) is 12.1 Å². The summed E-state index contributed by atoms with van der Waals surface area (Å²) < 4.78 is 4.33. The third-order valence-electron chi connectivity index (χ3n) is 1.44. The van der Waals surface area contributed by atoms with E-state index in [1.165, 1.54) is 19.2 Å². The predicted octanol–water partition coefficient (Wildman–Crippen LogP) is 1.57. The molecule has 3 nitrogen and oxygen atoms in total. The number of phenolic OH excluding ortho intramolecular Hbond substituents is 1. The highest BCUT2D eigenvalue weighted by Crippen LogP contribution is 2.22. The van der Waals surface area contributed by atoms with E-state index in [0.717, 1.165) is 0 Å². The Bertz CT molecular complexity index is 415. The third-order valence-corrected chi connectivity index (χ3v) is 1.74. The van der Waals surface area contributed by atoms with Crippen LogP contribution in [0.2, 0.25) is 5.02 Å². The van der Waals surface area contributed by atoms with Gasteiger partial charge < -0.3 is 9.84 Å². The van der Waals surface area contributed by atoms with Crippen molar-refractivity contribution in [1.82, 2.24) is 0 Å². The number of methoxy groups -OCH3 is 1. The van der Waals surface area contributed by atoms with E-state index >= 15 is 0 Å². The van der Waals surface area contributed by atoms with E-state index in [4.69, 9.17) is 16.7 Å². The van der Waals surface area contributed by atoms with E-state index in [2.05, 4.69) is 16.6 Å². The molecule has 0 aromatic heterocycles. The van der Waals surface area contributed by atoms with Gasteiger partial charge in [-0.15, -0.1) is 0 Å². The number of hydrogen-bond donors (Lipinski definition) is 1. The molecule has 0 aliphatic carbocycles. The smallest absolute Gasteiger partial charge is 0.384 e. The lowest BCUT2D eigenvalue weighted by molar-refractivity contribution is -0.133. The van der Waals surface area contributed by atoms with Crippen LogP contribution in [0.5, 0.6) is 5.75 Å². The van der Waals surface area contributed by atoms with Crippen LogP contribution < -0.4 is 0 Å². The summed E-state index contributed by atoms with van der Waals surface area (Å²) in [5, 5.41) is 9.29. The highest BCUT2D eigenvalue weighted by Gasteiger charge is 1.97. The van der Waals surface area contributed by atoms with E-state index in [0.29, 0.717) is 5.56 Å². The second-order valence-corrected chi connectivity index (χ2v) is 2.81. The van der Waals surface area contributed by atoms with Crippen molar-refractivity contribution in [2.45, 2.75) is 0 Å². The number of benzene rings is 1. The molecule has 0 aliphatic heterocycles. The maximum Gasteiger partial charge on any atom is 0.384 e. The topological polar surface area (TPSA) is 46.5 Å². The number of aromatic hydroxyl groups is 1. The van der Waals surface area contributed by atoms with Gasteiger partial charge in [-0.1, -0.05) is 17.5 Å². The van der Waals surface area contributed by atoms with Crippen molar-refractivity contribution in [3.63, 3.8) is 0 Å². The van der Waals surface area contributed by atoms with Crippen LogP contribution in [-0.4, -0.2) is 18.2 Å². The SMILES string of the molecule is COC(=O)C#Cc1ccc(O)c(Cl)c1. The van der Waals surface area contributed by atoms with Gasteiger partial charge in [0.2, 0.25) is 0 Å². The minimum atomic E-state index is -0.616. The molecule has 72 valence electrons. The number of rotatable bonds is 0. The molecule has 1 aromatic rings. The molecule has 0 spiro atoms. The highest BCUT2D eigenvalue weighted by molar-refractivity contribution is 6.32. The summed E-state index contributed by atoms with van der Waals surface area (Å²) in [4.78, 5) is 10.7. The summed E-state index contributed by atoms with van der Waals surface area (Å²) in [5.41, 5.74) is 0.540. The quantitative estimate of drug-likeness (QED) is 0.522. The lowest BCUT2D eigenvalue weighted by atomic mass is 10.2. The lowest BCUT2D eigenvalue weighted by Gasteiger charge is -1.95. The molecule has 0 fully saturated rings. The van der Waals surface area contributed by atoms with Gasteiger partial charge in [0.25, 0.3) is 0 Å². The predicted molar refractivity (Wildman–Crippen MR) is 52.0 cm³/mol. The summed E-state index contributed by atoms with van der Waals surface area (Å²) >= 11 is 5.63. The molecule has 4 heteroatoms. The normalized spacial score (nSPS) is 8.71. The number of esters is 1. The lowest BCUT2D eigenvalue weighted by Crippen LogP contribution is -1.94. The van der Waals surface area contributed by atoms with E-state index in [1.807, 2.05) is 0 Å². The average Bonchev–Trinajstić information content (AvgIpc) is 2.19. The number of halogens is 1. The fourth-order valence-corrected chi connectivity index (χ4v) is 0.939. The number of hydrogen-bond acceptors (Lipinski definition) is 3. The first-order valence-electron chi connectivity index (χ1n) is 3.72. The maximum absolute atomic E-state index is 10.7. The van der Waals surface area contributed by atoms with Crippen LogP contribution in [0.4, 0.5) is 0 Å².